The van der Waals surface area contributed by atoms with Crippen molar-refractivity contribution in [2.45, 2.75) is 56.3 Å². The van der Waals surface area contributed by atoms with E-state index in [1.165, 1.54) is 23.9 Å². The highest BCUT2D eigenvalue weighted by Crippen LogP contribution is 2.40. The third kappa shape index (κ3) is 4.45. The molecule has 0 radical (unpaired) electrons. The number of aryl methyl sites for hydroxylation is 1. The van der Waals surface area contributed by atoms with Crippen LogP contribution in [0.1, 0.15) is 45.3 Å². The number of pyridine rings is 2. The number of rotatable bonds is 6. The fourth-order valence-corrected chi connectivity index (χ4v) is 5.28. The number of hydrogen-bond donors (Lipinski definition) is 1. The second-order valence-electron chi connectivity index (χ2n) is 9.34. The Morgan fingerprint density at radius 2 is 1.94 bits per heavy atom. The third-order valence-electron chi connectivity index (χ3n) is 6.09. The summed E-state index contributed by atoms with van der Waals surface area (Å²) in [5, 5.41) is 9.28. The molecule has 0 aliphatic heterocycles. The van der Waals surface area contributed by atoms with E-state index in [1.54, 1.807) is 27.0 Å². The number of aromatic nitrogens is 4. The molecule has 0 spiro atoms. The van der Waals surface area contributed by atoms with Crippen molar-refractivity contribution in [2.24, 2.45) is 7.05 Å². The summed E-state index contributed by atoms with van der Waals surface area (Å²) in [5.74, 6) is 0.624. The van der Waals surface area contributed by atoms with Gasteiger partial charge in [0.2, 0.25) is 0 Å². The minimum atomic E-state index is -4.72. The van der Waals surface area contributed by atoms with Gasteiger partial charge in [-0.15, -0.1) is 0 Å². The van der Waals surface area contributed by atoms with Crippen LogP contribution in [0.2, 0.25) is 0 Å². The summed E-state index contributed by atoms with van der Waals surface area (Å²) in [5.41, 5.74) is -2.88. The molecule has 8 nitrogen and oxygen atoms in total. The Morgan fingerprint density at radius 1 is 1.29 bits per heavy atom. The van der Waals surface area contributed by atoms with Crippen LogP contribution in [0.15, 0.2) is 28.0 Å². The third-order valence-corrected chi connectivity index (χ3v) is 8.66. The van der Waals surface area contributed by atoms with Crippen molar-refractivity contribution in [2.75, 3.05) is 12.0 Å². The van der Waals surface area contributed by atoms with Gasteiger partial charge >= 0.3 is 6.18 Å². The van der Waals surface area contributed by atoms with Gasteiger partial charge in [0.15, 0.2) is 11.4 Å². The maximum Gasteiger partial charge on any atom is 0.431 e. The highest BCUT2D eigenvalue weighted by Gasteiger charge is 2.40. The molecule has 1 aliphatic carbocycles. The zero-order valence-corrected chi connectivity index (χ0v) is 20.9. The van der Waals surface area contributed by atoms with Gasteiger partial charge in [0, 0.05) is 23.7 Å². The van der Waals surface area contributed by atoms with Crippen molar-refractivity contribution < 1.29 is 22.1 Å². The zero-order valence-electron chi connectivity index (χ0n) is 20.0. The molecule has 0 saturated heterocycles. The summed E-state index contributed by atoms with van der Waals surface area (Å²) in [7, 11) is -1.47. The first-order valence-electron chi connectivity index (χ1n) is 11.1. The molecule has 0 N–H and O–H groups in total. The average Bonchev–Trinajstić information content (AvgIpc) is 3.55. The van der Waals surface area contributed by atoms with E-state index in [-0.39, 0.29) is 34.1 Å². The van der Waals surface area contributed by atoms with Crippen LogP contribution in [0.25, 0.3) is 22.6 Å². The number of fused-ring (bicyclic) bond motifs is 1. The molecule has 188 valence electrons. The Morgan fingerprint density at radius 3 is 2.49 bits per heavy atom. The summed E-state index contributed by atoms with van der Waals surface area (Å²) in [4.78, 5) is 22.2. The molecule has 0 atom stereocenters. The predicted octanol–water partition coefficient (Wildman–Crippen LogP) is 3.86. The van der Waals surface area contributed by atoms with Gasteiger partial charge in [0.25, 0.3) is 5.56 Å². The first-order valence-corrected chi connectivity index (χ1v) is 13.4. The maximum atomic E-state index is 13.8. The van der Waals surface area contributed by atoms with E-state index < -0.39 is 39.0 Å². The molecule has 4 rings (SSSR count). The van der Waals surface area contributed by atoms with Crippen LogP contribution in [0.5, 0.6) is 5.75 Å². The lowest BCUT2D eigenvalue weighted by molar-refractivity contribution is -0.144. The van der Waals surface area contributed by atoms with Crippen molar-refractivity contribution in [3.05, 3.63) is 34.4 Å². The van der Waals surface area contributed by atoms with Crippen molar-refractivity contribution >= 4 is 21.0 Å². The summed E-state index contributed by atoms with van der Waals surface area (Å²) < 4.78 is 62.7. The zero-order chi connectivity index (χ0) is 25.9. The van der Waals surface area contributed by atoms with E-state index >= 15 is 0 Å². The molecule has 1 fully saturated rings. The number of halogens is 3. The van der Waals surface area contributed by atoms with Gasteiger partial charge < -0.3 is 9.30 Å². The van der Waals surface area contributed by atoms with Crippen LogP contribution < -0.4 is 10.3 Å². The monoisotopic (exact) mass is 509 g/mol. The summed E-state index contributed by atoms with van der Waals surface area (Å²) >= 11 is 0. The fourth-order valence-electron chi connectivity index (χ4n) is 3.93. The Kier molecular flexibility index (Phi) is 5.83. The molecule has 3 aromatic rings. The summed E-state index contributed by atoms with van der Waals surface area (Å²) in [6, 6.07) is 3.93. The largest absolute Gasteiger partial charge is 0.471 e. The first kappa shape index (κ1) is 24.9. The topological polar surface area (TPSA) is 103 Å². The Hall–Kier alpha value is -3.20. The molecule has 3 heterocycles. The molecule has 0 aromatic carbocycles. The maximum absolute atomic E-state index is 13.8. The lowest BCUT2D eigenvalue weighted by Gasteiger charge is -2.23. The first-order chi connectivity index (χ1) is 16.2. The number of nitriles is 1. The molecule has 1 aliphatic rings. The van der Waals surface area contributed by atoms with Crippen molar-refractivity contribution in [1.82, 2.24) is 19.1 Å². The lowest BCUT2D eigenvalue weighted by Crippen LogP contribution is -2.28. The smallest absolute Gasteiger partial charge is 0.431 e. The Bertz CT molecular complexity index is 1480. The van der Waals surface area contributed by atoms with Gasteiger partial charge in [-0.25, -0.2) is 9.97 Å². The fraction of sp³-hybridized carbons (Fsp3) is 0.478. The number of alkyl halides is 3. The van der Waals surface area contributed by atoms with Gasteiger partial charge in [-0.2, -0.15) is 18.4 Å². The van der Waals surface area contributed by atoms with Crippen LogP contribution in [0, 0.1) is 11.3 Å². The van der Waals surface area contributed by atoms with Crippen LogP contribution >= 0.6 is 0 Å². The number of nitrogens with zero attached hydrogens (tertiary/aromatic N) is 5. The van der Waals surface area contributed by atoms with Crippen molar-refractivity contribution in [1.29, 1.82) is 5.26 Å². The standard InChI is InChI=1S/C23H26F3N5O3S/c1-6-35(5,33)16-9-14(34-22(2,3)12-27)11-28-18(16)20-29-15-10-17(23(24,25)26)31(13-7-8-13)21(32)19(15)30(20)4/h9-11,13,35H,6-8H2,1-5H3. The molecule has 0 unspecified atom stereocenters. The molecule has 35 heavy (non-hydrogen) atoms. The minimum absolute atomic E-state index is 0.0148. The van der Waals surface area contributed by atoms with Gasteiger partial charge in [0.05, 0.1) is 11.7 Å². The molecular weight excluding hydrogens is 483 g/mol. The number of ether oxygens (including phenoxy) is 1. The van der Waals surface area contributed by atoms with Crippen LogP contribution in [0.3, 0.4) is 0 Å². The molecule has 1 saturated carbocycles. The number of thiol groups is 1. The number of hydrogen-bond acceptors (Lipinski definition) is 6. The summed E-state index contributed by atoms with van der Waals surface area (Å²) in [6.45, 7) is 4.89. The minimum Gasteiger partial charge on any atom is -0.471 e. The molecule has 0 amide bonds. The summed E-state index contributed by atoms with van der Waals surface area (Å²) in [6.07, 6.45) is -0.805. The van der Waals surface area contributed by atoms with Gasteiger partial charge in [0.1, 0.15) is 28.7 Å². The number of imidazole rings is 1. The second kappa shape index (κ2) is 8.19. The van der Waals surface area contributed by atoms with Crippen LogP contribution in [-0.2, 0) is 23.2 Å². The van der Waals surface area contributed by atoms with Crippen molar-refractivity contribution in [3.8, 4) is 23.3 Å². The normalized spacial score (nSPS) is 15.3. The predicted molar refractivity (Wildman–Crippen MR) is 126 cm³/mol. The highest BCUT2D eigenvalue weighted by atomic mass is 32.2. The SMILES string of the molecule is CC[SH](C)(=O)c1cc(OC(C)(C)C#N)cnc1-c1nc2cc(C(F)(F)F)n(C3CC3)c(=O)c2n1C. The lowest BCUT2D eigenvalue weighted by atomic mass is 10.2. The van der Waals surface area contributed by atoms with E-state index in [0.29, 0.717) is 17.7 Å². The van der Waals surface area contributed by atoms with E-state index in [9.17, 15) is 27.4 Å². The quantitative estimate of drug-likeness (QED) is 0.507. The Labute approximate surface area is 200 Å². The molecule has 3 aromatic heterocycles. The van der Waals surface area contributed by atoms with Gasteiger partial charge in [-0.3, -0.25) is 13.6 Å². The van der Waals surface area contributed by atoms with Crippen LogP contribution in [0.4, 0.5) is 13.2 Å². The van der Waals surface area contributed by atoms with Crippen molar-refractivity contribution in [3.63, 3.8) is 0 Å². The Balaban J connectivity index is 1.98. The van der Waals surface area contributed by atoms with E-state index in [4.69, 9.17) is 4.74 Å². The molecule has 0 bridgehead atoms. The van der Waals surface area contributed by atoms with Gasteiger partial charge in [-0.05, 0) is 45.1 Å². The highest BCUT2D eigenvalue weighted by molar-refractivity contribution is 8.02. The average molecular weight is 510 g/mol. The molecular formula is C23H26F3N5O3S. The van der Waals surface area contributed by atoms with E-state index in [2.05, 4.69) is 9.97 Å². The second-order valence-corrected chi connectivity index (χ2v) is 12.7. The van der Waals surface area contributed by atoms with Gasteiger partial charge in [-0.1, -0.05) is 16.9 Å². The van der Waals surface area contributed by atoms with E-state index in [0.717, 1.165) is 10.6 Å². The molecule has 12 heteroatoms. The van der Waals surface area contributed by atoms with Crippen LogP contribution in [-0.4, -0.2) is 40.9 Å². The van der Waals surface area contributed by atoms with E-state index in [1.807, 2.05) is 6.07 Å².